The number of rotatable bonds is 3. The number of phenolic OH excluding ortho intramolecular Hbond substituents is 1. The van der Waals surface area contributed by atoms with Crippen LogP contribution in [-0.4, -0.2) is 15.1 Å². The minimum Gasteiger partial charge on any atom is -0.505 e. The van der Waals surface area contributed by atoms with E-state index >= 15 is 0 Å². The van der Waals surface area contributed by atoms with Gasteiger partial charge >= 0.3 is 0 Å². The van der Waals surface area contributed by atoms with E-state index in [-0.39, 0.29) is 11.6 Å². The third-order valence-corrected chi connectivity index (χ3v) is 4.67. The van der Waals surface area contributed by atoms with Crippen molar-refractivity contribution in [1.82, 2.24) is 9.97 Å². The summed E-state index contributed by atoms with van der Waals surface area (Å²) in [5.41, 5.74) is 3.28. The molecule has 1 N–H and O–H groups in total. The summed E-state index contributed by atoms with van der Waals surface area (Å²) in [5.74, 6) is -0.0918. The lowest BCUT2D eigenvalue weighted by molar-refractivity contribution is 0.482. The Labute approximate surface area is 142 Å². The Hall–Kier alpha value is -2.79. The van der Waals surface area contributed by atoms with Crippen LogP contribution in [0, 0.1) is 5.82 Å². The summed E-state index contributed by atoms with van der Waals surface area (Å²) < 4.78 is 13.0. The number of halogens is 1. The number of benzene rings is 2. The molecule has 2 aromatic heterocycles. The first kappa shape index (κ1) is 14.8. The van der Waals surface area contributed by atoms with E-state index in [0.717, 1.165) is 21.5 Å². The van der Waals surface area contributed by atoms with Crippen molar-refractivity contribution in [2.75, 3.05) is 0 Å². The molecule has 0 spiro atoms. The van der Waals surface area contributed by atoms with E-state index < -0.39 is 0 Å². The van der Waals surface area contributed by atoms with Gasteiger partial charge in [0.25, 0.3) is 0 Å². The van der Waals surface area contributed by atoms with E-state index in [1.165, 1.54) is 23.5 Å². The quantitative estimate of drug-likeness (QED) is 0.585. The molecular weight excluding hydrogens is 323 g/mol. The van der Waals surface area contributed by atoms with Gasteiger partial charge in [-0.3, -0.25) is 4.98 Å². The van der Waals surface area contributed by atoms with Gasteiger partial charge in [-0.05, 0) is 41.8 Å². The van der Waals surface area contributed by atoms with Crippen molar-refractivity contribution in [2.24, 2.45) is 0 Å². The number of phenols is 1. The van der Waals surface area contributed by atoms with E-state index in [1.54, 1.807) is 24.5 Å². The third-order valence-electron chi connectivity index (χ3n) is 3.87. The Morgan fingerprint density at radius 2 is 1.83 bits per heavy atom. The maximum absolute atomic E-state index is 13.0. The molecule has 2 heterocycles. The zero-order valence-corrected chi connectivity index (χ0v) is 13.4. The molecule has 5 heteroatoms. The molecule has 0 unspecified atom stereocenters. The van der Waals surface area contributed by atoms with Crippen LogP contribution >= 0.6 is 11.3 Å². The SMILES string of the molecule is Oc1c(-c2nccs2)ccc2cc(Cc3ccc(F)cc3)cnc12. The molecular formula is C19H13FN2OS. The van der Waals surface area contributed by atoms with E-state index in [2.05, 4.69) is 9.97 Å². The number of hydrogen-bond acceptors (Lipinski definition) is 4. The smallest absolute Gasteiger partial charge is 0.152 e. The zero-order valence-electron chi connectivity index (χ0n) is 12.6. The molecule has 3 nitrogen and oxygen atoms in total. The zero-order chi connectivity index (χ0) is 16.5. The van der Waals surface area contributed by atoms with Crippen LogP contribution in [0.2, 0.25) is 0 Å². The Morgan fingerprint density at radius 1 is 1.00 bits per heavy atom. The van der Waals surface area contributed by atoms with E-state index in [4.69, 9.17) is 0 Å². The Morgan fingerprint density at radius 3 is 2.58 bits per heavy atom. The molecule has 0 bridgehead atoms. The van der Waals surface area contributed by atoms with Crippen molar-refractivity contribution in [1.29, 1.82) is 0 Å². The largest absolute Gasteiger partial charge is 0.505 e. The summed E-state index contributed by atoms with van der Waals surface area (Å²) in [7, 11) is 0. The van der Waals surface area contributed by atoms with Crippen LogP contribution in [0.4, 0.5) is 4.39 Å². The molecule has 0 radical (unpaired) electrons. The topological polar surface area (TPSA) is 46.0 Å². The minimum absolute atomic E-state index is 0.149. The average Bonchev–Trinajstić information content (AvgIpc) is 3.11. The lowest BCUT2D eigenvalue weighted by atomic mass is 10.0. The van der Waals surface area contributed by atoms with Gasteiger partial charge in [0, 0.05) is 23.2 Å². The number of pyridine rings is 1. The second kappa shape index (κ2) is 6.02. The van der Waals surface area contributed by atoms with Gasteiger partial charge in [-0.1, -0.05) is 18.2 Å². The third kappa shape index (κ3) is 2.74. The van der Waals surface area contributed by atoms with Gasteiger partial charge in [-0.2, -0.15) is 0 Å². The molecule has 0 fully saturated rings. The lowest BCUT2D eigenvalue weighted by Crippen LogP contribution is -1.91. The van der Waals surface area contributed by atoms with Gasteiger partial charge < -0.3 is 5.11 Å². The second-order valence-electron chi connectivity index (χ2n) is 5.52. The summed E-state index contributed by atoms with van der Waals surface area (Å²) in [6.45, 7) is 0. The Balaban J connectivity index is 1.71. The van der Waals surface area contributed by atoms with Crippen LogP contribution in [0.5, 0.6) is 5.75 Å². The van der Waals surface area contributed by atoms with Crippen molar-refractivity contribution < 1.29 is 9.50 Å². The van der Waals surface area contributed by atoms with Crippen molar-refractivity contribution in [3.8, 4) is 16.3 Å². The highest BCUT2D eigenvalue weighted by Gasteiger charge is 2.12. The molecule has 24 heavy (non-hydrogen) atoms. The summed E-state index contributed by atoms with van der Waals surface area (Å²) in [6.07, 6.45) is 4.12. The first-order valence-corrected chi connectivity index (χ1v) is 8.33. The summed E-state index contributed by atoms with van der Waals surface area (Å²) >= 11 is 1.48. The molecule has 0 aliphatic rings. The lowest BCUT2D eigenvalue weighted by Gasteiger charge is -2.07. The maximum atomic E-state index is 13.0. The first-order chi connectivity index (χ1) is 11.7. The van der Waals surface area contributed by atoms with Gasteiger partial charge in [0.1, 0.15) is 16.3 Å². The van der Waals surface area contributed by atoms with Crippen LogP contribution in [0.1, 0.15) is 11.1 Å². The fourth-order valence-electron chi connectivity index (χ4n) is 2.70. The fourth-order valence-corrected chi connectivity index (χ4v) is 3.36. The van der Waals surface area contributed by atoms with Gasteiger partial charge in [0.05, 0.1) is 5.56 Å². The van der Waals surface area contributed by atoms with Gasteiger partial charge in [-0.15, -0.1) is 11.3 Å². The molecule has 0 aliphatic carbocycles. The van der Waals surface area contributed by atoms with Crippen LogP contribution in [0.3, 0.4) is 0 Å². The highest BCUT2D eigenvalue weighted by molar-refractivity contribution is 7.13. The number of aromatic nitrogens is 2. The molecule has 0 saturated carbocycles. The number of fused-ring (bicyclic) bond motifs is 1. The van der Waals surface area contributed by atoms with Crippen LogP contribution < -0.4 is 0 Å². The summed E-state index contributed by atoms with van der Waals surface area (Å²) in [6, 6.07) is 12.2. The molecule has 0 saturated heterocycles. The van der Waals surface area contributed by atoms with Crippen LogP contribution in [0.25, 0.3) is 21.5 Å². The monoisotopic (exact) mass is 336 g/mol. The van der Waals surface area contributed by atoms with E-state index in [1.807, 2.05) is 23.6 Å². The molecule has 118 valence electrons. The second-order valence-corrected chi connectivity index (χ2v) is 6.41. The predicted molar refractivity (Wildman–Crippen MR) is 93.7 cm³/mol. The van der Waals surface area contributed by atoms with Gasteiger partial charge in [-0.25, -0.2) is 9.37 Å². The first-order valence-electron chi connectivity index (χ1n) is 7.45. The van der Waals surface area contributed by atoms with Crippen LogP contribution in [0.15, 0.2) is 60.2 Å². The highest BCUT2D eigenvalue weighted by atomic mass is 32.1. The number of aromatic hydroxyl groups is 1. The van der Waals surface area contributed by atoms with Crippen molar-refractivity contribution >= 4 is 22.2 Å². The molecule has 0 amide bonds. The van der Waals surface area contributed by atoms with E-state index in [0.29, 0.717) is 17.5 Å². The predicted octanol–water partition coefficient (Wildman–Crippen LogP) is 4.79. The molecule has 0 atom stereocenters. The van der Waals surface area contributed by atoms with Crippen LogP contribution in [-0.2, 0) is 6.42 Å². The maximum Gasteiger partial charge on any atom is 0.152 e. The van der Waals surface area contributed by atoms with Gasteiger partial charge in [0.2, 0.25) is 0 Å². The van der Waals surface area contributed by atoms with Crippen molar-refractivity contribution in [3.63, 3.8) is 0 Å². The molecule has 0 aliphatic heterocycles. The molecule has 2 aromatic carbocycles. The normalized spacial score (nSPS) is 11.0. The average molecular weight is 336 g/mol. The van der Waals surface area contributed by atoms with Gasteiger partial charge in [0.15, 0.2) is 5.75 Å². The summed E-state index contributed by atoms with van der Waals surface area (Å²) in [5, 5.41) is 14.0. The standard InChI is InChI=1S/C19H13FN2OS/c20-15-4-1-12(2-5-15)9-13-10-14-3-6-16(19-21-7-8-24-19)18(23)17(14)22-11-13/h1-8,10-11,23H,9H2. The summed E-state index contributed by atoms with van der Waals surface area (Å²) in [4.78, 5) is 8.65. The number of thiazole rings is 1. The van der Waals surface area contributed by atoms with E-state index in [9.17, 15) is 9.50 Å². The minimum atomic E-state index is -0.241. The molecule has 4 aromatic rings. The highest BCUT2D eigenvalue weighted by Crippen LogP contribution is 2.35. The number of nitrogens with zero attached hydrogens (tertiary/aromatic N) is 2. The molecule has 4 rings (SSSR count). The Kier molecular flexibility index (Phi) is 3.70. The Bertz CT molecular complexity index is 998. The van der Waals surface area contributed by atoms with Crippen molar-refractivity contribution in [2.45, 2.75) is 6.42 Å². The van der Waals surface area contributed by atoms with Crippen molar-refractivity contribution in [3.05, 3.63) is 77.2 Å². The fraction of sp³-hybridized carbons (Fsp3) is 0.0526. The number of hydrogen-bond donors (Lipinski definition) is 1.